The van der Waals surface area contributed by atoms with E-state index in [-0.39, 0.29) is 47.3 Å². The summed E-state index contributed by atoms with van der Waals surface area (Å²) in [5, 5.41) is 0. The van der Waals surface area contributed by atoms with Crippen LogP contribution in [0.15, 0.2) is 0 Å². The van der Waals surface area contributed by atoms with Crippen molar-refractivity contribution in [2.24, 2.45) is 35.0 Å². The molecule has 3 heterocycles. The SMILES string of the molecule is CCC(N1C(=O)C2C3CCC(O3)C2C1=O)C12CC3CC(CC(C3)C1)C2. The topological polar surface area (TPSA) is 46.6 Å². The first-order chi connectivity index (χ1) is 12.1. The predicted molar refractivity (Wildman–Crippen MR) is 91.4 cm³/mol. The molecule has 0 radical (unpaired) electrons. The quantitative estimate of drug-likeness (QED) is 0.740. The third-order valence-corrected chi connectivity index (χ3v) is 8.81. The molecule has 3 aliphatic heterocycles. The number of ether oxygens (including phenoxy) is 1. The summed E-state index contributed by atoms with van der Waals surface area (Å²) in [7, 11) is 0. The molecule has 0 N–H and O–H groups in total. The Kier molecular flexibility index (Phi) is 2.96. The second kappa shape index (κ2) is 4.88. The number of rotatable bonds is 3. The highest BCUT2D eigenvalue weighted by Crippen LogP contribution is 2.63. The van der Waals surface area contributed by atoms with Gasteiger partial charge >= 0.3 is 0 Å². The molecule has 136 valence electrons. The van der Waals surface area contributed by atoms with Crippen LogP contribution in [0.2, 0.25) is 0 Å². The maximum Gasteiger partial charge on any atom is 0.236 e. The molecule has 4 saturated carbocycles. The van der Waals surface area contributed by atoms with E-state index in [1.807, 2.05) is 0 Å². The fourth-order valence-corrected chi connectivity index (χ4v) is 8.52. The summed E-state index contributed by atoms with van der Waals surface area (Å²) >= 11 is 0. The molecule has 0 aromatic heterocycles. The molecule has 5 unspecified atom stereocenters. The zero-order valence-corrected chi connectivity index (χ0v) is 15.2. The van der Waals surface area contributed by atoms with Gasteiger partial charge in [-0.2, -0.15) is 0 Å². The lowest BCUT2D eigenvalue weighted by Crippen LogP contribution is -2.58. The highest BCUT2D eigenvalue weighted by Gasteiger charge is 2.65. The average molecular weight is 343 g/mol. The van der Waals surface area contributed by atoms with Crippen molar-refractivity contribution in [1.29, 1.82) is 0 Å². The summed E-state index contributed by atoms with van der Waals surface area (Å²) < 4.78 is 5.92. The third-order valence-electron chi connectivity index (χ3n) is 8.81. The number of nitrogens with zero attached hydrogens (tertiary/aromatic N) is 1. The van der Waals surface area contributed by atoms with Gasteiger partial charge in [0.05, 0.1) is 24.0 Å². The van der Waals surface area contributed by atoms with Crippen molar-refractivity contribution in [2.75, 3.05) is 0 Å². The molecule has 7 rings (SSSR count). The van der Waals surface area contributed by atoms with Crippen LogP contribution < -0.4 is 0 Å². The van der Waals surface area contributed by atoms with Gasteiger partial charge in [0.25, 0.3) is 0 Å². The van der Waals surface area contributed by atoms with Crippen LogP contribution in [0.4, 0.5) is 0 Å². The number of carbonyl (C=O) groups is 2. The molecular formula is C21H29NO3. The Balaban J connectivity index is 1.36. The number of amides is 2. The van der Waals surface area contributed by atoms with Gasteiger partial charge in [0.1, 0.15) is 0 Å². The second-order valence-corrected chi connectivity index (χ2v) is 10.1. The van der Waals surface area contributed by atoms with Crippen LogP contribution in [0.1, 0.15) is 64.7 Å². The minimum atomic E-state index is -0.158. The van der Waals surface area contributed by atoms with Gasteiger partial charge in [0.15, 0.2) is 0 Å². The second-order valence-electron chi connectivity index (χ2n) is 10.1. The van der Waals surface area contributed by atoms with Crippen molar-refractivity contribution < 1.29 is 14.3 Å². The Morgan fingerprint density at radius 1 is 0.960 bits per heavy atom. The Labute approximate surface area is 149 Å². The van der Waals surface area contributed by atoms with E-state index in [4.69, 9.17) is 4.74 Å². The van der Waals surface area contributed by atoms with Crippen LogP contribution in [0.5, 0.6) is 0 Å². The lowest BCUT2D eigenvalue weighted by Gasteiger charge is -2.60. The zero-order valence-electron chi connectivity index (χ0n) is 15.2. The van der Waals surface area contributed by atoms with Gasteiger partial charge in [-0.15, -0.1) is 0 Å². The van der Waals surface area contributed by atoms with E-state index in [2.05, 4.69) is 6.92 Å². The van der Waals surface area contributed by atoms with Gasteiger partial charge in [0.2, 0.25) is 11.8 Å². The average Bonchev–Trinajstić information content (AvgIpc) is 3.23. The predicted octanol–water partition coefficient (Wildman–Crippen LogP) is 3.14. The Morgan fingerprint density at radius 2 is 1.44 bits per heavy atom. The molecule has 4 heteroatoms. The fraction of sp³-hybridized carbons (Fsp3) is 0.905. The smallest absolute Gasteiger partial charge is 0.236 e. The van der Waals surface area contributed by atoms with E-state index in [0.717, 1.165) is 37.0 Å². The largest absolute Gasteiger partial charge is 0.373 e. The minimum Gasteiger partial charge on any atom is -0.373 e. The first-order valence-corrected chi connectivity index (χ1v) is 10.6. The lowest BCUT2D eigenvalue weighted by molar-refractivity contribution is -0.157. The number of hydrogen-bond acceptors (Lipinski definition) is 3. The molecular weight excluding hydrogens is 314 g/mol. The maximum atomic E-state index is 13.3. The highest BCUT2D eigenvalue weighted by molar-refractivity contribution is 6.06. The molecule has 6 bridgehead atoms. The first kappa shape index (κ1) is 15.2. The van der Waals surface area contributed by atoms with E-state index in [9.17, 15) is 9.59 Å². The summed E-state index contributed by atoms with van der Waals surface area (Å²) in [4.78, 5) is 28.4. The number of carbonyl (C=O) groups excluding carboxylic acids is 2. The molecule has 0 spiro atoms. The van der Waals surface area contributed by atoms with Crippen molar-refractivity contribution in [3.8, 4) is 0 Å². The summed E-state index contributed by atoms with van der Waals surface area (Å²) in [5.74, 6) is 2.48. The molecule has 0 aromatic rings. The Morgan fingerprint density at radius 3 is 1.88 bits per heavy atom. The number of hydrogen-bond donors (Lipinski definition) is 0. The summed E-state index contributed by atoms with van der Waals surface area (Å²) in [6.45, 7) is 2.20. The van der Waals surface area contributed by atoms with Gasteiger partial charge in [-0.25, -0.2) is 0 Å². The normalized spacial score (nSPS) is 53.8. The van der Waals surface area contributed by atoms with E-state index in [1.165, 1.54) is 38.5 Å². The molecule has 4 aliphatic carbocycles. The Hall–Kier alpha value is -0.900. The maximum absolute atomic E-state index is 13.3. The van der Waals surface area contributed by atoms with Crippen molar-refractivity contribution in [1.82, 2.24) is 4.90 Å². The minimum absolute atomic E-state index is 0.0188. The van der Waals surface area contributed by atoms with Crippen LogP contribution in [0, 0.1) is 35.0 Å². The van der Waals surface area contributed by atoms with Crippen LogP contribution in [0.3, 0.4) is 0 Å². The molecule has 3 saturated heterocycles. The summed E-state index contributed by atoms with van der Waals surface area (Å²) in [5.41, 5.74) is 0.230. The van der Waals surface area contributed by atoms with Crippen molar-refractivity contribution in [3.63, 3.8) is 0 Å². The zero-order chi connectivity index (χ0) is 16.9. The summed E-state index contributed by atoms with van der Waals surface area (Å²) in [6, 6.07) is 0.144. The molecule has 5 atom stereocenters. The van der Waals surface area contributed by atoms with Crippen molar-refractivity contribution in [2.45, 2.75) is 83.0 Å². The van der Waals surface area contributed by atoms with Crippen LogP contribution in [-0.2, 0) is 14.3 Å². The first-order valence-electron chi connectivity index (χ1n) is 10.6. The molecule has 0 aromatic carbocycles. The molecule has 2 amide bonds. The molecule has 4 nitrogen and oxygen atoms in total. The molecule has 7 fully saturated rings. The van der Waals surface area contributed by atoms with E-state index in [0.29, 0.717) is 0 Å². The summed E-state index contributed by atoms with van der Waals surface area (Å²) in [6.07, 6.45) is 10.9. The van der Waals surface area contributed by atoms with Crippen LogP contribution in [0.25, 0.3) is 0 Å². The van der Waals surface area contributed by atoms with Gasteiger partial charge in [-0.3, -0.25) is 14.5 Å². The standard InChI is InChI=1S/C21H29NO3/c1-2-16(21-8-11-5-12(9-21)7-13(6-11)10-21)22-19(23)17-14-3-4-15(25-14)18(17)20(22)24/h11-18H,2-10H2,1H3. The van der Waals surface area contributed by atoms with Gasteiger partial charge in [0, 0.05) is 6.04 Å². The lowest BCUT2D eigenvalue weighted by atomic mass is 9.47. The molecule has 25 heavy (non-hydrogen) atoms. The highest BCUT2D eigenvalue weighted by atomic mass is 16.5. The van der Waals surface area contributed by atoms with E-state index < -0.39 is 0 Å². The van der Waals surface area contributed by atoms with Crippen LogP contribution >= 0.6 is 0 Å². The van der Waals surface area contributed by atoms with Gasteiger partial charge in [-0.1, -0.05) is 6.92 Å². The third kappa shape index (κ3) is 1.82. The van der Waals surface area contributed by atoms with Gasteiger partial charge in [-0.05, 0) is 81.0 Å². The Bertz CT molecular complexity index is 580. The van der Waals surface area contributed by atoms with Crippen molar-refractivity contribution in [3.05, 3.63) is 0 Å². The number of likely N-dealkylation sites (tertiary alicyclic amines) is 1. The van der Waals surface area contributed by atoms with Crippen LogP contribution in [-0.4, -0.2) is 35.0 Å². The van der Waals surface area contributed by atoms with Crippen molar-refractivity contribution >= 4 is 11.8 Å². The van der Waals surface area contributed by atoms with E-state index in [1.54, 1.807) is 4.90 Å². The fourth-order valence-electron chi connectivity index (χ4n) is 8.52. The van der Waals surface area contributed by atoms with Gasteiger partial charge < -0.3 is 4.74 Å². The van der Waals surface area contributed by atoms with E-state index >= 15 is 0 Å². The number of fused-ring (bicyclic) bond motifs is 5. The number of imide groups is 1. The monoisotopic (exact) mass is 343 g/mol. The molecule has 7 aliphatic rings.